The Morgan fingerprint density at radius 2 is 1.77 bits per heavy atom. The fourth-order valence-electron chi connectivity index (χ4n) is 3.60. The fraction of sp³-hybridized carbons (Fsp3) is 0.409. The number of ether oxygens (including phenoxy) is 2. The van der Waals surface area contributed by atoms with Crippen LogP contribution in [-0.4, -0.2) is 52.1 Å². The summed E-state index contributed by atoms with van der Waals surface area (Å²) in [4.78, 5) is 14.5. The molecule has 1 heterocycles. The van der Waals surface area contributed by atoms with Gasteiger partial charge in [-0.25, -0.2) is 13.1 Å². The predicted octanol–water partition coefficient (Wildman–Crippen LogP) is 2.66. The average Bonchev–Trinajstić information content (AvgIpc) is 2.72. The van der Waals surface area contributed by atoms with Gasteiger partial charge in [0.1, 0.15) is 0 Å². The number of nitrogens with one attached hydrogen (secondary N) is 1. The third-order valence-electron chi connectivity index (χ3n) is 5.21. The van der Waals surface area contributed by atoms with Gasteiger partial charge in [0.05, 0.1) is 12.0 Å². The van der Waals surface area contributed by atoms with Crippen molar-refractivity contribution < 1.29 is 22.7 Å². The Balaban J connectivity index is 1.52. The predicted molar refractivity (Wildman–Crippen MR) is 114 cm³/mol. The van der Waals surface area contributed by atoms with Gasteiger partial charge in [0.25, 0.3) is 5.91 Å². The lowest BCUT2D eigenvalue weighted by Gasteiger charge is -2.32. The Hall–Kier alpha value is -2.58. The molecule has 2 aromatic rings. The number of para-hydroxylation sites is 2. The summed E-state index contributed by atoms with van der Waals surface area (Å²) in [7, 11) is -2.04. The van der Waals surface area contributed by atoms with Gasteiger partial charge in [-0.3, -0.25) is 4.79 Å². The van der Waals surface area contributed by atoms with Gasteiger partial charge < -0.3 is 14.4 Å². The van der Waals surface area contributed by atoms with E-state index >= 15 is 0 Å². The lowest BCUT2D eigenvalue weighted by molar-refractivity contribution is -0.134. The highest BCUT2D eigenvalue weighted by molar-refractivity contribution is 7.89. The van der Waals surface area contributed by atoms with Gasteiger partial charge >= 0.3 is 0 Å². The van der Waals surface area contributed by atoms with Crippen molar-refractivity contribution in [1.29, 1.82) is 0 Å². The molecule has 2 aromatic carbocycles. The van der Waals surface area contributed by atoms with Crippen LogP contribution in [0.15, 0.2) is 47.4 Å². The van der Waals surface area contributed by atoms with Gasteiger partial charge in [-0.05, 0) is 50.5 Å². The van der Waals surface area contributed by atoms with E-state index < -0.39 is 10.0 Å². The van der Waals surface area contributed by atoms with Crippen LogP contribution in [0.1, 0.15) is 24.0 Å². The molecule has 0 saturated carbocycles. The third kappa shape index (κ3) is 5.31. The molecule has 1 fully saturated rings. The van der Waals surface area contributed by atoms with Gasteiger partial charge in [-0.15, -0.1) is 0 Å². The van der Waals surface area contributed by atoms with Crippen molar-refractivity contribution in [2.75, 3.05) is 26.8 Å². The Morgan fingerprint density at radius 3 is 2.40 bits per heavy atom. The Bertz CT molecular complexity index is 998. The minimum atomic E-state index is -3.59. The lowest BCUT2D eigenvalue weighted by Crippen LogP contribution is -2.47. The van der Waals surface area contributed by atoms with Crippen molar-refractivity contribution in [3.8, 4) is 11.5 Å². The number of aryl methyl sites for hydroxylation is 2. The summed E-state index contributed by atoms with van der Waals surface area (Å²) in [6.45, 7) is 4.60. The summed E-state index contributed by atoms with van der Waals surface area (Å²) in [6, 6.07) is 12.3. The van der Waals surface area contributed by atoms with E-state index in [1.807, 2.05) is 25.1 Å². The highest BCUT2D eigenvalue weighted by Crippen LogP contribution is 2.26. The maximum Gasteiger partial charge on any atom is 0.260 e. The second-order valence-corrected chi connectivity index (χ2v) is 9.17. The number of nitrogens with zero attached hydrogens (tertiary/aromatic N) is 1. The zero-order valence-electron chi connectivity index (χ0n) is 17.6. The SMILES string of the molecule is COc1ccccc1OCC(=O)N1CCC(NS(=O)(=O)c2ccc(C)cc2C)CC1. The largest absolute Gasteiger partial charge is 0.493 e. The molecule has 0 atom stereocenters. The minimum absolute atomic E-state index is 0.0840. The molecule has 3 rings (SSSR count). The smallest absolute Gasteiger partial charge is 0.260 e. The van der Waals surface area contributed by atoms with E-state index in [0.717, 1.165) is 11.1 Å². The number of methoxy groups -OCH3 is 1. The van der Waals surface area contributed by atoms with Crippen LogP contribution in [-0.2, 0) is 14.8 Å². The van der Waals surface area contributed by atoms with Crippen LogP contribution in [0.2, 0.25) is 0 Å². The molecule has 0 aromatic heterocycles. The first kappa shape index (κ1) is 22.1. The maximum atomic E-state index is 12.7. The second kappa shape index (κ2) is 9.49. The number of carbonyl (C=O) groups is 1. The Morgan fingerprint density at radius 1 is 1.10 bits per heavy atom. The molecule has 0 aliphatic carbocycles. The van der Waals surface area contributed by atoms with Crippen LogP contribution in [0.5, 0.6) is 11.5 Å². The molecule has 1 N–H and O–H groups in total. The Kier molecular flexibility index (Phi) is 6.99. The van der Waals surface area contributed by atoms with Crippen LogP contribution in [0.3, 0.4) is 0 Å². The van der Waals surface area contributed by atoms with Gasteiger partial charge in [0.2, 0.25) is 10.0 Å². The first-order valence-electron chi connectivity index (χ1n) is 9.93. The number of hydrogen-bond donors (Lipinski definition) is 1. The van der Waals surface area contributed by atoms with Crippen LogP contribution < -0.4 is 14.2 Å². The van der Waals surface area contributed by atoms with Crippen LogP contribution in [0.4, 0.5) is 0 Å². The molecular weight excluding hydrogens is 404 g/mol. The number of benzene rings is 2. The first-order valence-corrected chi connectivity index (χ1v) is 11.4. The maximum absolute atomic E-state index is 12.7. The number of piperidine rings is 1. The molecule has 0 spiro atoms. The molecule has 7 nitrogen and oxygen atoms in total. The summed E-state index contributed by atoms with van der Waals surface area (Å²) >= 11 is 0. The van der Waals surface area contributed by atoms with Gasteiger partial charge in [-0.2, -0.15) is 0 Å². The number of rotatable bonds is 7. The summed E-state index contributed by atoms with van der Waals surface area (Å²) in [5.74, 6) is 0.964. The van der Waals surface area contributed by atoms with Crippen LogP contribution in [0.25, 0.3) is 0 Å². The number of carbonyl (C=O) groups excluding carboxylic acids is 1. The zero-order valence-corrected chi connectivity index (χ0v) is 18.4. The van der Waals surface area contributed by atoms with Crippen molar-refractivity contribution in [3.05, 3.63) is 53.6 Å². The van der Waals surface area contributed by atoms with E-state index in [2.05, 4.69) is 4.72 Å². The molecule has 0 unspecified atom stereocenters. The standard InChI is InChI=1S/C22H28N2O5S/c1-16-8-9-21(17(2)14-16)30(26,27)23-18-10-12-24(13-11-18)22(25)15-29-20-7-5-4-6-19(20)28-3/h4-9,14,18,23H,10-13,15H2,1-3H3. The van der Waals surface area contributed by atoms with Gasteiger partial charge in [0, 0.05) is 19.1 Å². The molecular formula is C22H28N2O5S. The van der Waals surface area contributed by atoms with E-state index in [1.165, 1.54) is 0 Å². The van der Waals surface area contributed by atoms with Crippen LogP contribution in [0, 0.1) is 13.8 Å². The van der Waals surface area contributed by atoms with Gasteiger partial charge in [0.15, 0.2) is 18.1 Å². The van der Waals surface area contributed by atoms with E-state index in [4.69, 9.17) is 9.47 Å². The minimum Gasteiger partial charge on any atom is -0.493 e. The third-order valence-corrected chi connectivity index (χ3v) is 6.89. The molecule has 1 saturated heterocycles. The molecule has 8 heteroatoms. The molecule has 0 bridgehead atoms. The number of hydrogen-bond acceptors (Lipinski definition) is 5. The first-order chi connectivity index (χ1) is 14.3. The van der Waals surface area contributed by atoms with E-state index in [-0.39, 0.29) is 18.6 Å². The number of likely N-dealkylation sites (tertiary alicyclic amines) is 1. The van der Waals surface area contributed by atoms with E-state index in [9.17, 15) is 13.2 Å². The summed E-state index contributed by atoms with van der Waals surface area (Å²) in [5, 5.41) is 0. The van der Waals surface area contributed by atoms with E-state index in [0.29, 0.717) is 42.3 Å². The van der Waals surface area contributed by atoms with Crippen molar-refractivity contribution in [2.45, 2.75) is 37.6 Å². The Labute approximate surface area is 178 Å². The molecule has 1 amide bonds. The monoisotopic (exact) mass is 432 g/mol. The van der Waals surface area contributed by atoms with Crippen LogP contribution >= 0.6 is 0 Å². The van der Waals surface area contributed by atoms with E-state index in [1.54, 1.807) is 43.2 Å². The number of amides is 1. The molecule has 0 radical (unpaired) electrons. The topological polar surface area (TPSA) is 84.9 Å². The normalized spacial score (nSPS) is 15.1. The van der Waals surface area contributed by atoms with Crippen molar-refractivity contribution in [2.24, 2.45) is 0 Å². The van der Waals surface area contributed by atoms with Gasteiger partial charge in [-0.1, -0.05) is 29.8 Å². The molecule has 1 aliphatic heterocycles. The quantitative estimate of drug-likeness (QED) is 0.727. The lowest BCUT2D eigenvalue weighted by atomic mass is 10.1. The van der Waals surface area contributed by atoms with Crippen molar-refractivity contribution in [3.63, 3.8) is 0 Å². The second-order valence-electron chi connectivity index (χ2n) is 7.48. The highest BCUT2D eigenvalue weighted by atomic mass is 32.2. The zero-order chi connectivity index (χ0) is 21.7. The fourth-order valence-corrected chi connectivity index (χ4v) is 5.13. The highest BCUT2D eigenvalue weighted by Gasteiger charge is 2.27. The number of sulfonamides is 1. The van der Waals surface area contributed by atoms with Crippen molar-refractivity contribution in [1.82, 2.24) is 9.62 Å². The molecule has 162 valence electrons. The summed E-state index contributed by atoms with van der Waals surface area (Å²) in [6.07, 6.45) is 1.12. The average molecular weight is 433 g/mol. The summed E-state index contributed by atoms with van der Waals surface area (Å²) in [5.41, 5.74) is 1.75. The molecule has 1 aliphatic rings. The van der Waals surface area contributed by atoms with Crippen molar-refractivity contribution >= 4 is 15.9 Å². The summed E-state index contributed by atoms with van der Waals surface area (Å²) < 4.78 is 39.1. The molecule has 30 heavy (non-hydrogen) atoms.